The predicted octanol–water partition coefficient (Wildman–Crippen LogP) is 4.48. The molecule has 1 N–H and O–H groups in total. The largest absolute Gasteiger partial charge is 0.325 e. The molecule has 4 heteroatoms. The summed E-state index contributed by atoms with van der Waals surface area (Å²) in [6.45, 7) is 3.49. The second-order valence-corrected chi connectivity index (χ2v) is 5.87. The fourth-order valence-corrected chi connectivity index (χ4v) is 2.23. The van der Waals surface area contributed by atoms with Crippen LogP contribution >= 0.6 is 15.9 Å². The Hall–Kier alpha value is -1.86. The zero-order valence-electron chi connectivity index (χ0n) is 11.4. The summed E-state index contributed by atoms with van der Waals surface area (Å²) in [5.41, 5.74) is -0.283. The number of halogens is 1. The Bertz CT molecular complexity index is 705. The molecule has 2 aromatic rings. The van der Waals surface area contributed by atoms with Gasteiger partial charge in [0.15, 0.2) is 0 Å². The Labute approximate surface area is 126 Å². The standard InChI is InChI=1S/C16H15BrN2O/c1-3-16(2,10-18)15(20)19-14-7-5-11-8-13(17)6-4-12(11)9-14/h4-9H,3H2,1-2H3,(H,19,20). The van der Waals surface area contributed by atoms with Crippen molar-refractivity contribution in [2.45, 2.75) is 20.3 Å². The molecule has 0 radical (unpaired) electrons. The Morgan fingerprint density at radius 2 is 1.95 bits per heavy atom. The SMILES string of the molecule is CCC(C)(C#N)C(=O)Nc1ccc2cc(Br)ccc2c1. The number of carbonyl (C=O) groups is 1. The topological polar surface area (TPSA) is 52.9 Å². The molecule has 2 aromatic carbocycles. The lowest BCUT2D eigenvalue weighted by Gasteiger charge is -2.18. The summed E-state index contributed by atoms with van der Waals surface area (Å²) in [6.07, 6.45) is 0.482. The van der Waals surface area contributed by atoms with Gasteiger partial charge in [-0.3, -0.25) is 4.79 Å². The van der Waals surface area contributed by atoms with Gasteiger partial charge < -0.3 is 5.32 Å². The van der Waals surface area contributed by atoms with Gasteiger partial charge in [-0.1, -0.05) is 35.0 Å². The lowest BCUT2D eigenvalue weighted by molar-refractivity contribution is -0.122. The number of carbonyl (C=O) groups excluding carboxylic acids is 1. The molecular formula is C16H15BrN2O. The molecule has 0 aliphatic rings. The number of nitrogens with one attached hydrogen (secondary N) is 1. The average Bonchev–Trinajstić information content (AvgIpc) is 2.46. The van der Waals surface area contributed by atoms with Gasteiger partial charge in [0, 0.05) is 10.2 Å². The molecule has 0 heterocycles. The van der Waals surface area contributed by atoms with Crippen molar-refractivity contribution in [3.63, 3.8) is 0 Å². The third-order valence-electron chi connectivity index (χ3n) is 3.52. The highest BCUT2D eigenvalue weighted by Gasteiger charge is 2.31. The molecule has 1 unspecified atom stereocenters. The summed E-state index contributed by atoms with van der Waals surface area (Å²) in [6, 6.07) is 13.7. The third kappa shape index (κ3) is 2.83. The number of amides is 1. The lowest BCUT2D eigenvalue weighted by atomic mass is 9.88. The molecule has 2 rings (SSSR count). The molecule has 0 bridgehead atoms. The number of nitriles is 1. The number of hydrogen-bond donors (Lipinski definition) is 1. The monoisotopic (exact) mass is 330 g/mol. The summed E-state index contributed by atoms with van der Waals surface area (Å²) >= 11 is 3.43. The molecule has 20 heavy (non-hydrogen) atoms. The molecule has 0 aliphatic carbocycles. The zero-order chi connectivity index (χ0) is 14.8. The fraction of sp³-hybridized carbons (Fsp3) is 0.250. The molecule has 0 saturated carbocycles. The van der Waals surface area contributed by atoms with Gasteiger partial charge in [0.05, 0.1) is 6.07 Å². The molecule has 0 aliphatic heterocycles. The fourth-order valence-electron chi connectivity index (χ4n) is 1.85. The Morgan fingerprint density at radius 1 is 1.30 bits per heavy atom. The predicted molar refractivity (Wildman–Crippen MR) is 84.3 cm³/mol. The first kappa shape index (κ1) is 14.5. The van der Waals surface area contributed by atoms with Crippen LogP contribution in [0.2, 0.25) is 0 Å². The molecule has 0 saturated heterocycles. The van der Waals surface area contributed by atoms with E-state index in [0.717, 1.165) is 15.2 Å². The number of rotatable bonds is 3. The van der Waals surface area contributed by atoms with Gasteiger partial charge in [-0.05, 0) is 48.4 Å². The number of benzene rings is 2. The molecule has 0 spiro atoms. The van der Waals surface area contributed by atoms with Gasteiger partial charge in [0.25, 0.3) is 0 Å². The van der Waals surface area contributed by atoms with Gasteiger partial charge >= 0.3 is 0 Å². The number of fused-ring (bicyclic) bond motifs is 1. The van der Waals surface area contributed by atoms with Crippen molar-refractivity contribution in [3.8, 4) is 6.07 Å². The quantitative estimate of drug-likeness (QED) is 0.901. The minimum atomic E-state index is -0.991. The first-order chi connectivity index (χ1) is 9.48. The van der Waals surface area contributed by atoms with Crippen molar-refractivity contribution in [1.29, 1.82) is 5.26 Å². The van der Waals surface area contributed by atoms with E-state index < -0.39 is 5.41 Å². The van der Waals surface area contributed by atoms with Crippen molar-refractivity contribution in [3.05, 3.63) is 40.9 Å². The third-order valence-corrected chi connectivity index (χ3v) is 4.01. The first-order valence-corrected chi connectivity index (χ1v) is 7.20. The van der Waals surface area contributed by atoms with E-state index in [1.54, 1.807) is 6.92 Å². The van der Waals surface area contributed by atoms with E-state index >= 15 is 0 Å². The van der Waals surface area contributed by atoms with Crippen LogP contribution in [-0.4, -0.2) is 5.91 Å². The van der Waals surface area contributed by atoms with Crippen LogP contribution in [0.5, 0.6) is 0 Å². The number of anilines is 1. The summed E-state index contributed by atoms with van der Waals surface area (Å²) in [5, 5.41) is 14.1. The van der Waals surface area contributed by atoms with Crippen molar-refractivity contribution in [2.75, 3.05) is 5.32 Å². The summed E-state index contributed by atoms with van der Waals surface area (Å²) < 4.78 is 1.02. The van der Waals surface area contributed by atoms with Crippen molar-refractivity contribution < 1.29 is 4.79 Å². The van der Waals surface area contributed by atoms with Gasteiger partial charge in [0.1, 0.15) is 5.41 Å². The Morgan fingerprint density at radius 3 is 2.60 bits per heavy atom. The summed E-state index contributed by atoms with van der Waals surface area (Å²) in [7, 11) is 0. The highest BCUT2D eigenvalue weighted by Crippen LogP contribution is 2.26. The van der Waals surface area contributed by atoms with Crippen LogP contribution < -0.4 is 5.32 Å². The number of hydrogen-bond acceptors (Lipinski definition) is 2. The van der Waals surface area contributed by atoms with Gasteiger partial charge in [-0.2, -0.15) is 5.26 Å². The van der Waals surface area contributed by atoms with Crippen LogP contribution in [0, 0.1) is 16.7 Å². The molecule has 1 atom stereocenters. The summed E-state index contributed by atoms with van der Waals surface area (Å²) in [5.74, 6) is -0.265. The molecule has 0 aromatic heterocycles. The van der Waals surface area contributed by atoms with Crippen LogP contribution in [0.1, 0.15) is 20.3 Å². The maximum atomic E-state index is 12.1. The normalized spacial score (nSPS) is 13.5. The van der Waals surface area contributed by atoms with Crippen molar-refractivity contribution in [2.24, 2.45) is 5.41 Å². The maximum absolute atomic E-state index is 12.1. The van der Waals surface area contributed by atoms with Crippen molar-refractivity contribution in [1.82, 2.24) is 0 Å². The van der Waals surface area contributed by atoms with E-state index in [-0.39, 0.29) is 5.91 Å². The van der Waals surface area contributed by atoms with Crippen LogP contribution in [0.25, 0.3) is 10.8 Å². The first-order valence-electron chi connectivity index (χ1n) is 6.40. The minimum absolute atomic E-state index is 0.265. The van der Waals surface area contributed by atoms with Crippen LogP contribution in [0.15, 0.2) is 40.9 Å². The van der Waals surface area contributed by atoms with E-state index in [1.807, 2.05) is 43.3 Å². The minimum Gasteiger partial charge on any atom is -0.325 e. The van der Waals surface area contributed by atoms with Gasteiger partial charge in [0.2, 0.25) is 5.91 Å². The smallest absolute Gasteiger partial charge is 0.244 e. The lowest BCUT2D eigenvalue weighted by Crippen LogP contribution is -2.31. The Kier molecular flexibility index (Phi) is 4.10. The molecule has 102 valence electrons. The van der Waals surface area contributed by atoms with E-state index in [0.29, 0.717) is 12.1 Å². The van der Waals surface area contributed by atoms with E-state index in [4.69, 9.17) is 5.26 Å². The average molecular weight is 331 g/mol. The Balaban J connectivity index is 2.29. The molecule has 3 nitrogen and oxygen atoms in total. The van der Waals surface area contributed by atoms with Crippen LogP contribution in [-0.2, 0) is 4.79 Å². The van der Waals surface area contributed by atoms with Gasteiger partial charge in [-0.25, -0.2) is 0 Å². The van der Waals surface area contributed by atoms with E-state index in [9.17, 15) is 4.79 Å². The van der Waals surface area contributed by atoms with Crippen molar-refractivity contribution >= 4 is 38.3 Å². The maximum Gasteiger partial charge on any atom is 0.244 e. The second-order valence-electron chi connectivity index (χ2n) is 4.96. The van der Waals surface area contributed by atoms with E-state index in [2.05, 4.69) is 27.3 Å². The summed E-state index contributed by atoms with van der Waals surface area (Å²) in [4.78, 5) is 12.1. The molecule has 0 fully saturated rings. The van der Waals surface area contributed by atoms with Crippen LogP contribution in [0.3, 0.4) is 0 Å². The van der Waals surface area contributed by atoms with E-state index in [1.165, 1.54) is 0 Å². The zero-order valence-corrected chi connectivity index (χ0v) is 13.0. The number of nitrogens with zero attached hydrogens (tertiary/aromatic N) is 1. The highest BCUT2D eigenvalue weighted by atomic mass is 79.9. The van der Waals surface area contributed by atoms with Gasteiger partial charge in [-0.15, -0.1) is 0 Å². The molecular weight excluding hydrogens is 316 g/mol. The second kappa shape index (κ2) is 5.64. The molecule has 1 amide bonds. The van der Waals surface area contributed by atoms with Crippen LogP contribution in [0.4, 0.5) is 5.69 Å². The highest BCUT2D eigenvalue weighted by molar-refractivity contribution is 9.10.